The lowest BCUT2D eigenvalue weighted by atomic mass is 10.2. The molecule has 2 rings (SSSR count). The van der Waals surface area contributed by atoms with Crippen molar-refractivity contribution in [3.05, 3.63) is 16.7 Å². The SMILES string of the molecule is CC(C)c1nc(Cl)c2c(n1)CCCS2. The monoisotopic (exact) mass is 228 g/mol. The maximum Gasteiger partial charge on any atom is 0.146 e. The molecule has 1 aromatic heterocycles. The topological polar surface area (TPSA) is 25.8 Å². The van der Waals surface area contributed by atoms with E-state index in [-0.39, 0.29) is 0 Å². The van der Waals surface area contributed by atoms with Crippen LogP contribution >= 0.6 is 23.4 Å². The van der Waals surface area contributed by atoms with E-state index in [4.69, 9.17) is 11.6 Å². The molecule has 0 aromatic carbocycles. The normalized spacial score (nSPS) is 15.7. The Kier molecular flexibility index (Phi) is 2.98. The van der Waals surface area contributed by atoms with Crippen LogP contribution in [-0.2, 0) is 6.42 Å². The first kappa shape index (κ1) is 10.2. The van der Waals surface area contributed by atoms with Gasteiger partial charge in [-0.3, -0.25) is 0 Å². The number of aryl methyl sites for hydroxylation is 1. The number of hydrogen-bond donors (Lipinski definition) is 0. The molecule has 4 heteroatoms. The number of aromatic nitrogens is 2. The molecule has 1 aliphatic rings. The van der Waals surface area contributed by atoms with Gasteiger partial charge in [-0.2, -0.15) is 0 Å². The highest BCUT2D eigenvalue weighted by atomic mass is 35.5. The molecule has 0 unspecified atom stereocenters. The fourth-order valence-electron chi connectivity index (χ4n) is 1.47. The third-order valence-corrected chi connectivity index (χ3v) is 3.83. The molecule has 0 bridgehead atoms. The Morgan fingerprint density at radius 1 is 1.36 bits per heavy atom. The quantitative estimate of drug-likeness (QED) is 0.690. The Balaban J connectivity index is 2.46. The van der Waals surface area contributed by atoms with Crippen molar-refractivity contribution in [2.75, 3.05) is 5.75 Å². The highest BCUT2D eigenvalue weighted by Gasteiger charge is 2.18. The van der Waals surface area contributed by atoms with Crippen LogP contribution in [0.5, 0.6) is 0 Å². The van der Waals surface area contributed by atoms with Gasteiger partial charge in [0.15, 0.2) is 0 Å². The summed E-state index contributed by atoms with van der Waals surface area (Å²) >= 11 is 7.90. The lowest BCUT2D eigenvalue weighted by Crippen LogP contribution is -2.08. The van der Waals surface area contributed by atoms with E-state index in [1.165, 1.54) is 6.42 Å². The molecule has 0 saturated carbocycles. The van der Waals surface area contributed by atoms with Crippen LogP contribution in [-0.4, -0.2) is 15.7 Å². The van der Waals surface area contributed by atoms with Crippen molar-refractivity contribution in [1.82, 2.24) is 9.97 Å². The van der Waals surface area contributed by atoms with Gasteiger partial charge in [-0.1, -0.05) is 25.4 Å². The molecule has 0 radical (unpaired) electrons. The first-order valence-corrected chi connectivity index (χ1v) is 6.24. The lowest BCUT2D eigenvalue weighted by molar-refractivity contribution is 0.727. The summed E-state index contributed by atoms with van der Waals surface area (Å²) in [6.07, 6.45) is 2.24. The fourth-order valence-corrected chi connectivity index (χ4v) is 2.80. The van der Waals surface area contributed by atoms with Gasteiger partial charge in [0, 0.05) is 5.92 Å². The average molecular weight is 229 g/mol. The van der Waals surface area contributed by atoms with Crippen LogP contribution in [0.25, 0.3) is 0 Å². The van der Waals surface area contributed by atoms with E-state index in [2.05, 4.69) is 23.8 Å². The summed E-state index contributed by atoms with van der Waals surface area (Å²) in [6.45, 7) is 4.18. The van der Waals surface area contributed by atoms with Gasteiger partial charge in [-0.15, -0.1) is 11.8 Å². The van der Waals surface area contributed by atoms with E-state index in [9.17, 15) is 0 Å². The number of rotatable bonds is 1. The van der Waals surface area contributed by atoms with Crippen molar-refractivity contribution < 1.29 is 0 Å². The Morgan fingerprint density at radius 3 is 2.86 bits per heavy atom. The van der Waals surface area contributed by atoms with Crippen molar-refractivity contribution in [1.29, 1.82) is 0 Å². The molecular formula is C10H13ClN2S. The Bertz CT molecular complexity index is 352. The van der Waals surface area contributed by atoms with E-state index < -0.39 is 0 Å². The van der Waals surface area contributed by atoms with Gasteiger partial charge in [0.25, 0.3) is 0 Å². The zero-order valence-electron chi connectivity index (χ0n) is 8.38. The van der Waals surface area contributed by atoms with Crippen molar-refractivity contribution >= 4 is 23.4 Å². The Morgan fingerprint density at radius 2 is 2.14 bits per heavy atom. The molecule has 0 spiro atoms. The van der Waals surface area contributed by atoms with Crippen molar-refractivity contribution in [3.63, 3.8) is 0 Å². The second-order valence-electron chi connectivity index (χ2n) is 3.76. The van der Waals surface area contributed by atoms with Gasteiger partial charge in [-0.05, 0) is 18.6 Å². The van der Waals surface area contributed by atoms with Crippen LogP contribution in [0.3, 0.4) is 0 Å². The summed E-state index contributed by atoms with van der Waals surface area (Å²) in [7, 11) is 0. The van der Waals surface area contributed by atoms with Crippen molar-refractivity contribution in [2.45, 2.75) is 37.5 Å². The Hall–Kier alpha value is -0.280. The Labute approximate surface area is 93.5 Å². The third kappa shape index (κ3) is 1.89. The van der Waals surface area contributed by atoms with E-state index in [1.54, 1.807) is 11.8 Å². The van der Waals surface area contributed by atoms with Crippen LogP contribution in [0.2, 0.25) is 5.15 Å². The number of hydrogen-bond acceptors (Lipinski definition) is 3. The molecule has 0 amide bonds. The highest BCUT2D eigenvalue weighted by Crippen LogP contribution is 2.34. The maximum atomic E-state index is 6.12. The summed E-state index contributed by atoms with van der Waals surface area (Å²) < 4.78 is 0. The molecule has 14 heavy (non-hydrogen) atoms. The zero-order chi connectivity index (χ0) is 10.1. The van der Waals surface area contributed by atoms with Crippen LogP contribution in [0.4, 0.5) is 0 Å². The first-order chi connectivity index (χ1) is 6.68. The summed E-state index contributed by atoms with van der Waals surface area (Å²) in [6, 6.07) is 0. The maximum absolute atomic E-state index is 6.12. The lowest BCUT2D eigenvalue weighted by Gasteiger charge is -2.16. The standard InChI is InChI=1S/C10H13ClN2S/c1-6(2)10-12-7-4-3-5-14-8(7)9(11)13-10/h6H,3-5H2,1-2H3. The molecule has 1 aliphatic heterocycles. The van der Waals surface area contributed by atoms with Gasteiger partial charge in [0.1, 0.15) is 11.0 Å². The molecule has 0 aliphatic carbocycles. The van der Waals surface area contributed by atoms with Crippen LogP contribution in [0.15, 0.2) is 4.90 Å². The largest absolute Gasteiger partial charge is 0.236 e. The minimum atomic E-state index is 0.352. The molecule has 0 atom stereocenters. The van der Waals surface area contributed by atoms with Crippen molar-refractivity contribution in [2.24, 2.45) is 0 Å². The smallest absolute Gasteiger partial charge is 0.146 e. The van der Waals surface area contributed by atoms with Gasteiger partial charge >= 0.3 is 0 Å². The summed E-state index contributed by atoms with van der Waals surface area (Å²) in [5.41, 5.74) is 1.14. The van der Waals surface area contributed by atoms with E-state index in [0.29, 0.717) is 11.1 Å². The number of nitrogens with zero attached hydrogens (tertiary/aromatic N) is 2. The summed E-state index contributed by atoms with van der Waals surface area (Å²) in [4.78, 5) is 9.98. The van der Waals surface area contributed by atoms with Crippen LogP contribution in [0.1, 0.15) is 37.7 Å². The molecule has 0 N–H and O–H groups in total. The molecule has 0 saturated heterocycles. The predicted molar refractivity (Wildman–Crippen MR) is 60.2 cm³/mol. The molecule has 1 aromatic rings. The second-order valence-corrected chi connectivity index (χ2v) is 5.22. The molecule has 2 heterocycles. The van der Waals surface area contributed by atoms with Crippen molar-refractivity contribution in [3.8, 4) is 0 Å². The average Bonchev–Trinajstić information content (AvgIpc) is 2.17. The van der Waals surface area contributed by atoms with Crippen LogP contribution in [0, 0.1) is 0 Å². The van der Waals surface area contributed by atoms with E-state index in [0.717, 1.165) is 28.6 Å². The molecular weight excluding hydrogens is 216 g/mol. The zero-order valence-corrected chi connectivity index (χ0v) is 9.95. The van der Waals surface area contributed by atoms with Gasteiger partial charge < -0.3 is 0 Å². The number of halogens is 1. The first-order valence-electron chi connectivity index (χ1n) is 4.87. The minimum absolute atomic E-state index is 0.352. The molecule has 2 nitrogen and oxygen atoms in total. The van der Waals surface area contributed by atoms with E-state index >= 15 is 0 Å². The van der Waals surface area contributed by atoms with Crippen LogP contribution < -0.4 is 0 Å². The second kappa shape index (κ2) is 4.07. The third-order valence-electron chi connectivity index (χ3n) is 2.23. The summed E-state index contributed by atoms with van der Waals surface area (Å²) in [5.74, 6) is 2.36. The molecule has 0 fully saturated rings. The fraction of sp³-hybridized carbons (Fsp3) is 0.600. The van der Waals surface area contributed by atoms with Gasteiger partial charge in [-0.25, -0.2) is 9.97 Å². The van der Waals surface area contributed by atoms with Gasteiger partial charge in [0.05, 0.1) is 10.6 Å². The van der Waals surface area contributed by atoms with E-state index in [1.807, 2.05) is 0 Å². The minimum Gasteiger partial charge on any atom is -0.236 e. The molecule has 76 valence electrons. The highest BCUT2D eigenvalue weighted by molar-refractivity contribution is 7.99. The predicted octanol–water partition coefficient (Wildman–Crippen LogP) is 3.29. The van der Waals surface area contributed by atoms with Gasteiger partial charge in [0.2, 0.25) is 0 Å². The summed E-state index contributed by atoms with van der Waals surface area (Å²) in [5, 5.41) is 0.642. The number of fused-ring (bicyclic) bond motifs is 1. The number of thioether (sulfide) groups is 1.